The van der Waals surface area contributed by atoms with Crippen molar-refractivity contribution in [1.82, 2.24) is 10.2 Å². The zero-order valence-corrected chi connectivity index (χ0v) is 8.99. The Morgan fingerprint density at radius 1 is 1.20 bits per heavy atom. The van der Waals surface area contributed by atoms with E-state index in [1.54, 1.807) is 6.20 Å². The molecule has 0 amide bonds. The number of anilines is 1. The second-order valence-corrected chi connectivity index (χ2v) is 3.74. The summed E-state index contributed by atoms with van der Waals surface area (Å²) >= 11 is 0. The summed E-state index contributed by atoms with van der Waals surface area (Å²) in [5, 5.41) is 10.3. The minimum atomic E-state index is 0.246. The van der Waals surface area contributed by atoms with Gasteiger partial charge in [-0.3, -0.25) is 5.10 Å². The van der Waals surface area contributed by atoms with E-state index >= 15 is 0 Å². The predicted molar refractivity (Wildman–Crippen MR) is 61.8 cm³/mol. The van der Waals surface area contributed by atoms with Crippen LogP contribution >= 0.6 is 0 Å². The van der Waals surface area contributed by atoms with Crippen LogP contribution in [0.2, 0.25) is 0 Å². The average molecular weight is 201 g/mol. The van der Waals surface area contributed by atoms with E-state index < -0.39 is 0 Å². The van der Waals surface area contributed by atoms with E-state index in [2.05, 4.69) is 53.6 Å². The summed E-state index contributed by atoms with van der Waals surface area (Å²) in [7, 11) is 0. The number of rotatable bonds is 3. The molecule has 1 heterocycles. The molecule has 78 valence electrons. The molecule has 2 aromatic rings. The molecule has 15 heavy (non-hydrogen) atoms. The van der Waals surface area contributed by atoms with Crippen molar-refractivity contribution in [2.45, 2.75) is 19.9 Å². The molecular formula is C12H15N3. The van der Waals surface area contributed by atoms with Gasteiger partial charge in [0.1, 0.15) is 0 Å². The third kappa shape index (κ3) is 2.37. The summed E-state index contributed by atoms with van der Waals surface area (Å²) in [4.78, 5) is 0. The van der Waals surface area contributed by atoms with Crippen molar-refractivity contribution in [2.75, 3.05) is 5.32 Å². The van der Waals surface area contributed by atoms with Crippen LogP contribution in [0.3, 0.4) is 0 Å². The molecular weight excluding hydrogens is 186 g/mol. The molecule has 0 bridgehead atoms. The van der Waals surface area contributed by atoms with E-state index in [1.165, 1.54) is 5.56 Å². The normalized spacial score (nSPS) is 12.4. The van der Waals surface area contributed by atoms with E-state index in [0.717, 1.165) is 11.4 Å². The minimum Gasteiger partial charge on any atom is -0.377 e. The molecule has 1 aromatic heterocycles. The van der Waals surface area contributed by atoms with E-state index in [1.807, 2.05) is 6.07 Å². The molecule has 1 unspecified atom stereocenters. The van der Waals surface area contributed by atoms with Gasteiger partial charge < -0.3 is 5.32 Å². The smallest absolute Gasteiger partial charge is 0.0651 e. The Hall–Kier alpha value is -1.77. The van der Waals surface area contributed by atoms with Crippen LogP contribution in [0.15, 0.2) is 36.5 Å². The first-order valence-electron chi connectivity index (χ1n) is 5.08. The number of hydrogen-bond donors (Lipinski definition) is 2. The van der Waals surface area contributed by atoms with Crippen molar-refractivity contribution in [2.24, 2.45) is 0 Å². The molecule has 0 spiro atoms. The van der Waals surface area contributed by atoms with Gasteiger partial charge in [0.25, 0.3) is 0 Å². The van der Waals surface area contributed by atoms with Gasteiger partial charge in [0.2, 0.25) is 0 Å². The molecule has 0 radical (unpaired) electrons. The van der Waals surface area contributed by atoms with Crippen LogP contribution in [0.1, 0.15) is 24.2 Å². The molecule has 1 atom stereocenters. The van der Waals surface area contributed by atoms with Crippen molar-refractivity contribution in [3.63, 3.8) is 0 Å². The molecule has 0 saturated carbocycles. The summed E-state index contributed by atoms with van der Waals surface area (Å²) in [6, 6.07) is 10.6. The number of aryl methyl sites for hydroxylation is 1. The Labute approximate surface area is 89.5 Å². The van der Waals surface area contributed by atoms with Crippen LogP contribution in [0.5, 0.6) is 0 Å². The van der Waals surface area contributed by atoms with Crippen molar-refractivity contribution >= 4 is 5.69 Å². The third-order valence-electron chi connectivity index (χ3n) is 2.42. The molecule has 0 saturated heterocycles. The minimum absolute atomic E-state index is 0.246. The summed E-state index contributed by atoms with van der Waals surface area (Å²) in [5.74, 6) is 0. The van der Waals surface area contributed by atoms with E-state index in [0.29, 0.717) is 0 Å². The Bertz CT molecular complexity index is 403. The molecule has 1 aromatic carbocycles. The first kappa shape index (κ1) is 9.77. The number of hydrogen-bond acceptors (Lipinski definition) is 2. The Morgan fingerprint density at radius 2 is 1.93 bits per heavy atom. The molecule has 2 rings (SSSR count). The maximum atomic E-state index is 3.93. The van der Waals surface area contributed by atoms with Crippen molar-refractivity contribution in [1.29, 1.82) is 0 Å². The fourth-order valence-corrected chi connectivity index (χ4v) is 1.49. The quantitative estimate of drug-likeness (QED) is 0.801. The predicted octanol–water partition coefficient (Wildman–Crippen LogP) is 2.89. The summed E-state index contributed by atoms with van der Waals surface area (Å²) in [6.45, 7) is 4.19. The molecule has 3 heteroatoms. The van der Waals surface area contributed by atoms with Crippen molar-refractivity contribution in [3.05, 3.63) is 47.8 Å². The number of aromatic nitrogens is 2. The van der Waals surface area contributed by atoms with E-state index in [9.17, 15) is 0 Å². The van der Waals surface area contributed by atoms with Gasteiger partial charge in [-0.15, -0.1) is 0 Å². The van der Waals surface area contributed by atoms with Crippen LogP contribution in [0.25, 0.3) is 0 Å². The van der Waals surface area contributed by atoms with Gasteiger partial charge in [-0.1, -0.05) is 17.7 Å². The molecule has 2 N–H and O–H groups in total. The maximum absolute atomic E-state index is 3.93. The molecule has 0 fully saturated rings. The lowest BCUT2D eigenvalue weighted by Gasteiger charge is -2.13. The Kier molecular flexibility index (Phi) is 2.72. The first-order valence-corrected chi connectivity index (χ1v) is 5.08. The summed E-state index contributed by atoms with van der Waals surface area (Å²) in [5.41, 5.74) is 3.49. The van der Waals surface area contributed by atoms with Gasteiger partial charge in [-0.2, -0.15) is 5.10 Å². The highest BCUT2D eigenvalue weighted by Gasteiger charge is 2.05. The van der Waals surface area contributed by atoms with Crippen LogP contribution in [0.4, 0.5) is 5.69 Å². The SMILES string of the molecule is Cc1ccc(NC(C)c2ccn[nH]2)cc1. The fourth-order valence-electron chi connectivity index (χ4n) is 1.49. The molecule has 0 aliphatic carbocycles. The lowest BCUT2D eigenvalue weighted by Crippen LogP contribution is -2.06. The van der Waals surface area contributed by atoms with Crippen LogP contribution in [-0.2, 0) is 0 Å². The van der Waals surface area contributed by atoms with Crippen LogP contribution < -0.4 is 5.32 Å². The zero-order valence-electron chi connectivity index (χ0n) is 8.99. The number of nitrogens with one attached hydrogen (secondary N) is 2. The monoisotopic (exact) mass is 201 g/mol. The fraction of sp³-hybridized carbons (Fsp3) is 0.250. The average Bonchev–Trinajstić information content (AvgIpc) is 2.74. The summed E-state index contributed by atoms with van der Waals surface area (Å²) in [6.07, 6.45) is 1.77. The van der Waals surface area contributed by atoms with Gasteiger partial charge >= 0.3 is 0 Å². The largest absolute Gasteiger partial charge is 0.377 e. The highest BCUT2D eigenvalue weighted by Crippen LogP contribution is 2.17. The highest BCUT2D eigenvalue weighted by molar-refractivity contribution is 5.45. The highest BCUT2D eigenvalue weighted by atomic mass is 15.1. The third-order valence-corrected chi connectivity index (χ3v) is 2.42. The molecule has 0 aliphatic rings. The van der Waals surface area contributed by atoms with Gasteiger partial charge in [0.05, 0.1) is 11.7 Å². The van der Waals surface area contributed by atoms with E-state index in [-0.39, 0.29) is 6.04 Å². The van der Waals surface area contributed by atoms with Crippen molar-refractivity contribution < 1.29 is 0 Å². The topological polar surface area (TPSA) is 40.7 Å². The second-order valence-electron chi connectivity index (χ2n) is 3.74. The van der Waals surface area contributed by atoms with Crippen LogP contribution in [0, 0.1) is 6.92 Å². The molecule has 3 nitrogen and oxygen atoms in total. The van der Waals surface area contributed by atoms with Gasteiger partial charge in [0.15, 0.2) is 0 Å². The lowest BCUT2D eigenvalue weighted by molar-refractivity contribution is 0.825. The summed E-state index contributed by atoms with van der Waals surface area (Å²) < 4.78 is 0. The number of nitrogens with zero attached hydrogens (tertiary/aromatic N) is 1. The van der Waals surface area contributed by atoms with Crippen LogP contribution in [-0.4, -0.2) is 10.2 Å². The zero-order chi connectivity index (χ0) is 10.7. The number of benzene rings is 1. The number of H-pyrrole nitrogens is 1. The van der Waals surface area contributed by atoms with Gasteiger partial charge in [0, 0.05) is 11.9 Å². The maximum Gasteiger partial charge on any atom is 0.0651 e. The van der Waals surface area contributed by atoms with E-state index in [4.69, 9.17) is 0 Å². The van der Waals surface area contributed by atoms with Gasteiger partial charge in [-0.25, -0.2) is 0 Å². The number of aromatic amines is 1. The second kappa shape index (κ2) is 4.17. The van der Waals surface area contributed by atoms with Gasteiger partial charge in [-0.05, 0) is 32.0 Å². The lowest BCUT2D eigenvalue weighted by atomic mass is 10.2. The first-order chi connectivity index (χ1) is 7.25. The Balaban J connectivity index is 2.06. The van der Waals surface area contributed by atoms with Crippen molar-refractivity contribution in [3.8, 4) is 0 Å². The molecule has 0 aliphatic heterocycles. The Morgan fingerprint density at radius 3 is 2.53 bits per heavy atom. The standard InChI is InChI=1S/C12H15N3/c1-9-3-5-11(6-4-9)14-10(2)12-7-8-13-15-12/h3-8,10,14H,1-2H3,(H,13,15).